The van der Waals surface area contributed by atoms with E-state index in [9.17, 15) is 19.5 Å². The number of nitrogens with zero attached hydrogens (tertiary/aromatic N) is 1. The summed E-state index contributed by atoms with van der Waals surface area (Å²) < 4.78 is 12.7. The van der Waals surface area contributed by atoms with E-state index in [1.165, 1.54) is 7.11 Å². The lowest BCUT2D eigenvalue weighted by atomic mass is 9.71. The first-order valence-corrected chi connectivity index (χ1v) is 14.2. The first kappa shape index (κ1) is 27.5. The lowest BCUT2D eigenvalue weighted by Crippen LogP contribution is -2.39. The number of carbonyl (C=O) groups is 3. The third kappa shape index (κ3) is 5.50. The van der Waals surface area contributed by atoms with Crippen LogP contribution < -0.4 is 9.47 Å². The van der Waals surface area contributed by atoms with E-state index in [1.54, 1.807) is 12.1 Å². The maximum Gasteiger partial charge on any atom is 0.305 e. The Balaban J connectivity index is 1.58. The largest absolute Gasteiger partial charge is 0.493 e. The molecule has 2 aromatic carbocycles. The van der Waals surface area contributed by atoms with Crippen LogP contribution in [-0.4, -0.2) is 41.2 Å². The molecule has 9 heteroatoms. The summed E-state index contributed by atoms with van der Waals surface area (Å²) in [6, 6.07) is 11.3. The van der Waals surface area contributed by atoms with E-state index in [0.29, 0.717) is 71.8 Å². The molecule has 2 aliphatic carbocycles. The van der Waals surface area contributed by atoms with Gasteiger partial charge in [-0.2, -0.15) is 0 Å². The number of methoxy groups -OCH3 is 1. The Bertz CT molecular complexity index is 1350. The molecule has 2 aromatic rings. The summed E-state index contributed by atoms with van der Waals surface area (Å²) in [7, 11) is 1.53. The van der Waals surface area contributed by atoms with Crippen LogP contribution >= 0.6 is 27.5 Å². The first-order chi connectivity index (χ1) is 18.8. The van der Waals surface area contributed by atoms with Crippen LogP contribution in [0.1, 0.15) is 62.0 Å². The van der Waals surface area contributed by atoms with Crippen molar-refractivity contribution in [2.24, 2.45) is 0 Å². The molecule has 0 amide bonds. The third-order valence-electron chi connectivity index (χ3n) is 7.52. The van der Waals surface area contributed by atoms with Crippen LogP contribution in [0.25, 0.3) is 0 Å². The van der Waals surface area contributed by atoms with Crippen molar-refractivity contribution in [1.29, 1.82) is 0 Å². The van der Waals surface area contributed by atoms with E-state index in [2.05, 4.69) is 15.9 Å². The monoisotopic (exact) mass is 613 g/mol. The highest BCUT2D eigenvalue weighted by Crippen LogP contribution is 2.51. The van der Waals surface area contributed by atoms with Crippen molar-refractivity contribution in [2.45, 2.75) is 57.5 Å². The molecule has 0 spiro atoms. The fourth-order valence-electron chi connectivity index (χ4n) is 5.81. The van der Waals surface area contributed by atoms with E-state index >= 15 is 0 Å². The van der Waals surface area contributed by atoms with Gasteiger partial charge in [0.05, 0.1) is 18.6 Å². The van der Waals surface area contributed by atoms with E-state index in [0.717, 1.165) is 21.4 Å². The molecule has 1 aliphatic heterocycles. The van der Waals surface area contributed by atoms with Crippen molar-refractivity contribution in [3.63, 3.8) is 0 Å². The molecule has 0 atom stereocenters. The number of halogens is 2. The van der Waals surface area contributed by atoms with Gasteiger partial charge in [0, 0.05) is 52.3 Å². The maximum atomic E-state index is 13.4. The first-order valence-electron chi connectivity index (χ1n) is 13.0. The molecule has 7 nitrogen and oxygen atoms in total. The average molecular weight is 615 g/mol. The van der Waals surface area contributed by atoms with Gasteiger partial charge in [0.1, 0.15) is 6.61 Å². The third-order valence-corrected chi connectivity index (χ3v) is 8.33. The topological polar surface area (TPSA) is 93.1 Å². The molecule has 0 unspecified atom stereocenters. The summed E-state index contributed by atoms with van der Waals surface area (Å²) in [5, 5.41) is 9.70. The number of carbonyl (C=O) groups excluding carboxylic acids is 2. The Morgan fingerprint density at radius 3 is 2.21 bits per heavy atom. The van der Waals surface area contributed by atoms with E-state index in [1.807, 2.05) is 29.2 Å². The van der Waals surface area contributed by atoms with Gasteiger partial charge in [0.25, 0.3) is 0 Å². The molecular formula is C30H29BrClNO6. The normalized spacial score (nSPS) is 17.8. The number of carboxylic acid groups (broad SMARTS) is 1. The fourth-order valence-corrected chi connectivity index (χ4v) is 6.35. The smallest absolute Gasteiger partial charge is 0.305 e. The molecule has 39 heavy (non-hydrogen) atoms. The number of allylic oxidation sites excluding steroid dienone is 4. The number of benzene rings is 2. The van der Waals surface area contributed by atoms with Crippen LogP contribution in [0.2, 0.25) is 5.02 Å². The van der Waals surface area contributed by atoms with Gasteiger partial charge in [-0.1, -0.05) is 39.7 Å². The lowest BCUT2D eigenvalue weighted by molar-refractivity contribution is -0.137. The second-order valence-electron chi connectivity index (χ2n) is 9.95. The molecule has 5 rings (SSSR count). The Morgan fingerprint density at radius 2 is 1.64 bits per heavy atom. The van der Waals surface area contributed by atoms with Gasteiger partial charge >= 0.3 is 5.97 Å². The van der Waals surface area contributed by atoms with Crippen molar-refractivity contribution in [3.05, 3.63) is 79.6 Å². The number of Topliss-reactive ketones (excluding diaryl/α,β-unsaturated/α-hetero) is 2. The minimum absolute atomic E-state index is 0.0165. The Morgan fingerprint density at radius 1 is 1.03 bits per heavy atom. The van der Waals surface area contributed by atoms with E-state index in [4.69, 9.17) is 21.1 Å². The van der Waals surface area contributed by atoms with E-state index in [-0.39, 0.29) is 31.1 Å². The van der Waals surface area contributed by atoms with Gasteiger partial charge in [-0.05, 0) is 61.1 Å². The maximum absolute atomic E-state index is 13.4. The highest BCUT2D eigenvalue weighted by atomic mass is 79.9. The van der Waals surface area contributed by atoms with Crippen molar-refractivity contribution >= 4 is 45.1 Å². The summed E-state index contributed by atoms with van der Waals surface area (Å²) in [6.45, 7) is 0.513. The van der Waals surface area contributed by atoms with Gasteiger partial charge in [0.2, 0.25) is 0 Å². The van der Waals surface area contributed by atoms with Crippen LogP contribution in [0, 0.1) is 0 Å². The molecule has 0 bridgehead atoms. The van der Waals surface area contributed by atoms with Gasteiger partial charge in [-0.15, -0.1) is 0 Å². The molecule has 1 heterocycles. The second-order valence-corrected chi connectivity index (χ2v) is 11.3. The molecule has 0 aromatic heterocycles. The van der Waals surface area contributed by atoms with Crippen LogP contribution in [-0.2, 0) is 21.0 Å². The van der Waals surface area contributed by atoms with Crippen LogP contribution in [0.15, 0.2) is 63.4 Å². The molecule has 0 saturated heterocycles. The summed E-state index contributed by atoms with van der Waals surface area (Å²) in [5.74, 6) is -0.726. The minimum atomic E-state index is -0.916. The van der Waals surface area contributed by atoms with Gasteiger partial charge in [0.15, 0.2) is 23.1 Å². The zero-order valence-corrected chi connectivity index (χ0v) is 23.9. The minimum Gasteiger partial charge on any atom is -0.493 e. The lowest BCUT2D eigenvalue weighted by Gasteiger charge is -2.44. The van der Waals surface area contributed by atoms with Crippen molar-refractivity contribution < 1.29 is 29.0 Å². The second kappa shape index (κ2) is 11.6. The summed E-state index contributed by atoms with van der Waals surface area (Å²) >= 11 is 10.2. The number of hydrogen-bond acceptors (Lipinski definition) is 6. The Labute approximate surface area is 240 Å². The molecule has 204 valence electrons. The SMILES string of the molecule is COc1cc(C2C3=C(CCCC3=O)N(CCC(=O)O)C3=C2C(=O)CCC3)cc(Cl)c1OCc1ccc(Br)cc1. The highest BCUT2D eigenvalue weighted by molar-refractivity contribution is 9.10. The molecule has 3 aliphatic rings. The fraction of sp³-hybridized carbons (Fsp3) is 0.367. The zero-order valence-electron chi connectivity index (χ0n) is 21.6. The number of rotatable bonds is 8. The van der Waals surface area contributed by atoms with Crippen LogP contribution in [0.3, 0.4) is 0 Å². The Hall–Kier alpha value is -3.10. The molecule has 0 fully saturated rings. The number of ketones is 2. The van der Waals surface area contributed by atoms with Crippen LogP contribution in [0.4, 0.5) is 0 Å². The van der Waals surface area contributed by atoms with Crippen molar-refractivity contribution in [3.8, 4) is 11.5 Å². The molecule has 1 N–H and O–H groups in total. The quantitative estimate of drug-likeness (QED) is 0.359. The number of carboxylic acids is 1. The predicted molar refractivity (Wildman–Crippen MR) is 150 cm³/mol. The summed E-state index contributed by atoms with van der Waals surface area (Å²) in [6.07, 6.45) is 3.39. The Kier molecular flexibility index (Phi) is 8.14. The van der Waals surface area contributed by atoms with Gasteiger partial charge in [-0.25, -0.2) is 0 Å². The summed E-state index contributed by atoms with van der Waals surface area (Å²) in [4.78, 5) is 40.3. The summed E-state index contributed by atoms with van der Waals surface area (Å²) in [5.41, 5.74) is 4.45. The highest BCUT2D eigenvalue weighted by Gasteiger charge is 2.43. The molecular weight excluding hydrogens is 586 g/mol. The van der Waals surface area contributed by atoms with Gasteiger partial charge < -0.3 is 19.5 Å². The van der Waals surface area contributed by atoms with Crippen molar-refractivity contribution in [1.82, 2.24) is 4.90 Å². The zero-order chi connectivity index (χ0) is 27.7. The van der Waals surface area contributed by atoms with Crippen molar-refractivity contribution in [2.75, 3.05) is 13.7 Å². The molecule has 0 radical (unpaired) electrons. The number of ether oxygens (including phenoxy) is 2. The number of aliphatic carboxylic acids is 1. The van der Waals surface area contributed by atoms with Crippen LogP contribution in [0.5, 0.6) is 11.5 Å². The number of hydrogen-bond donors (Lipinski definition) is 1. The van der Waals surface area contributed by atoms with Gasteiger partial charge in [-0.3, -0.25) is 14.4 Å². The predicted octanol–water partition coefficient (Wildman–Crippen LogP) is 6.58. The standard InChI is InChI=1S/C30H29BrClNO6/c1-38-25-15-18(14-20(32)30(25)39-16-17-8-10-19(31)11-9-17)27-28-21(4-2-6-23(28)34)33(13-12-26(36)37)22-5-3-7-24(35)29(22)27/h8-11,14-15,27H,2-7,12-13,16H2,1H3,(H,36,37). The molecule has 0 saturated carbocycles. The van der Waals surface area contributed by atoms with E-state index < -0.39 is 11.9 Å². The average Bonchev–Trinajstić information content (AvgIpc) is 2.91.